The van der Waals surface area contributed by atoms with E-state index in [9.17, 15) is 4.79 Å². The second kappa shape index (κ2) is 6.03. The minimum Gasteiger partial charge on any atom is -0.357 e. The maximum absolute atomic E-state index is 12.0. The number of terminal acetylenes is 1. The Bertz CT molecular complexity index is 623. The summed E-state index contributed by atoms with van der Waals surface area (Å²) in [6.07, 6.45) is 4.51. The highest BCUT2D eigenvalue weighted by Gasteiger charge is 2.21. The lowest BCUT2D eigenvalue weighted by Crippen LogP contribution is -2.28. The first-order chi connectivity index (χ1) is 9.27. The Kier molecular flexibility index (Phi) is 4.17. The van der Waals surface area contributed by atoms with Gasteiger partial charge in [0.25, 0.3) is 5.91 Å². The summed E-state index contributed by atoms with van der Waals surface area (Å²) < 4.78 is 5.49. The van der Waals surface area contributed by atoms with E-state index in [0.29, 0.717) is 0 Å². The predicted molar refractivity (Wildman–Crippen MR) is 75.5 cm³/mol. The van der Waals surface area contributed by atoms with E-state index < -0.39 is 6.10 Å². The molecule has 0 aliphatic heterocycles. The van der Waals surface area contributed by atoms with Crippen LogP contribution in [0.25, 0.3) is 10.8 Å². The van der Waals surface area contributed by atoms with Crippen LogP contribution in [-0.2, 0) is 9.53 Å². The Hall–Kier alpha value is -2.31. The molecule has 1 atom stereocenters. The summed E-state index contributed by atoms with van der Waals surface area (Å²) in [5, 5.41) is 4.67. The minimum atomic E-state index is -0.688. The molecular weight excluding hydrogens is 238 g/mol. The molecule has 1 N–H and O–H groups in total. The van der Waals surface area contributed by atoms with E-state index >= 15 is 0 Å². The second-order valence-corrected chi connectivity index (χ2v) is 4.08. The molecule has 0 spiro atoms. The van der Waals surface area contributed by atoms with Crippen LogP contribution in [0.15, 0.2) is 42.5 Å². The first-order valence-corrected chi connectivity index (χ1v) is 6.02. The summed E-state index contributed by atoms with van der Waals surface area (Å²) in [4.78, 5) is 12.0. The maximum Gasteiger partial charge on any atom is 0.253 e. The number of ether oxygens (including phenoxy) is 1. The first-order valence-electron chi connectivity index (χ1n) is 6.02. The van der Waals surface area contributed by atoms with E-state index in [1.54, 1.807) is 7.05 Å². The zero-order valence-electron chi connectivity index (χ0n) is 10.7. The fourth-order valence-corrected chi connectivity index (χ4v) is 2.05. The van der Waals surface area contributed by atoms with Gasteiger partial charge < -0.3 is 10.1 Å². The molecule has 0 aromatic heterocycles. The molecule has 2 aromatic carbocycles. The van der Waals surface area contributed by atoms with Gasteiger partial charge in [-0.3, -0.25) is 4.79 Å². The fourth-order valence-electron chi connectivity index (χ4n) is 2.05. The third-order valence-corrected chi connectivity index (χ3v) is 2.92. The number of rotatable bonds is 4. The average molecular weight is 253 g/mol. The lowest BCUT2D eigenvalue weighted by Gasteiger charge is -2.17. The third-order valence-electron chi connectivity index (χ3n) is 2.92. The molecule has 1 amide bonds. The van der Waals surface area contributed by atoms with Crippen molar-refractivity contribution in [3.05, 3.63) is 48.0 Å². The zero-order valence-corrected chi connectivity index (χ0v) is 10.7. The number of benzene rings is 2. The van der Waals surface area contributed by atoms with Gasteiger partial charge in [0.1, 0.15) is 6.61 Å². The SMILES string of the molecule is C#CCOC(C(=O)NC)c1cccc2ccccc12. The molecule has 3 heteroatoms. The maximum atomic E-state index is 12.0. The quantitative estimate of drug-likeness (QED) is 0.849. The number of nitrogens with one attached hydrogen (secondary N) is 1. The molecule has 0 fully saturated rings. The van der Waals surface area contributed by atoms with Gasteiger partial charge in [0.2, 0.25) is 0 Å². The van der Waals surface area contributed by atoms with E-state index in [-0.39, 0.29) is 12.5 Å². The summed E-state index contributed by atoms with van der Waals surface area (Å²) in [5.41, 5.74) is 0.827. The highest BCUT2D eigenvalue weighted by atomic mass is 16.5. The van der Waals surface area contributed by atoms with Gasteiger partial charge in [0, 0.05) is 7.05 Å². The Labute approximate surface area is 112 Å². The summed E-state index contributed by atoms with van der Waals surface area (Å²) in [6.45, 7) is 0.0985. The van der Waals surface area contributed by atoms with E-state index in [4.69, 9.17) is 11.2 Å². The first kappa shape index (κ1) is 13.1. The van der Waals surface area contributed by atoms with Crippen molar-refractivity contribution in [1.29, 1.82) is 0 Å². The number of fused-ring (bicyclic) bond motifs is 1. The normalized spacial score (nSPS) is 11.8. The number of carbonyl (C=O) groups is 1. The van der Waals surface area contributed by atoms with Gasteiger partial charge in [0.05, 0.1) is 0 Å². The molecule has 96 valence electrons. The van der Waals surface area contributed by atoms with Crippen molar-refractivity contribution >= 4 is 16.7 Å². The van der Waals surface area contributed by atoms with Crippen LogP contribution in [0.2, 0.25) is 0 Å². The molecule has 1 unspecified atom stereocenters. The highest BCUT2D eigenvalue weighted by Crippen LogP contribution is 2.26. The third kappa shape index (κ3) is 2.75. The van der Waals surface area contributed by atoms with Crippen LogP contribution in [0.4, 0.5) is 0 Å². The minimum absolute atomic E-state index is 0.0985. The average Bonchev–Trinajstić information content (AvgIpc) is 2.47. The monoisotopic (exact) mass is 253 g/mol. The molecule has 0 radical (unpaired) electrons. The fraction of sp³-hybridized carbons (Fsp3) is 0.188. The topological polar surface area (TPSA) is 38.3 Å². The number of hydrogen-bond donors (Lipinski definition) is 1. The summed E-state index contributed by atoms with van der Waals surface area (Å²) in [5.74, 6) is 2.19. The molecule has 0 aliphatic carbocycles. The summed E-state index contributed by atoms with van der Waals surface area (Å²) >= 11 is 0. The van der Waals surface area contributed by atoms with Crippen molar-refractivity contribution in [2.24, 2.45) is 0 Å². The van der Waals surface area contributed by atoms with Crippen LogP contribution in [0.3, 0.4) is 0 Å². The Morgan fingerprint density at radius 2 is 2.05 bits per heavy atom. The Morgan fingerprint density at radius 1 is 1.32 bits per heavy atom. The number of carbonyl (C=O) groups excluding carboxylic acids is 1. The zero-order chi connectivity index (χ0) is 13.7. The van der Waals surface area contributed by atoms with Crippen molar-refractivity contribution in [2.75, 3.05) is 13.7 Å². The van der Waals surface area contributed by atoms with Gasteiger partial charge in [0.15, 0.2) is 6.10 Å². The van der Waals surface area contributed by atoms with Crippen molar-refractivity contribution in [3.8, 4) is 12.3 Å². The van der Waals surface area contributed by atoms with Crippen LogP contribution >= 0.6 is 0 Å². The van der Waals surface area contributed by atoms with Gasteiger partial charge in [-0.15, -0.1) is 6.42 Å². The lowest BCUT2D eigenvalue weighted by molar-refractivity contribution is -0.131. The number of amides is 1. The molecular formula is C16H15NO2. The Balaban J connectivity index is 2.49. The molecule has 2 aromatic rings. The van der Waals surface area contributed by atoms with Gasteiger partial charge >= 0.3 is 0 Å². The van der Waals surface area contributed by atoms with E-state index in [1.807, 2.05) is 42.5 Å². The van der Waals surface area contributed by atoms with Crippen molar-refractivity contribution in [3.63, 3.8) is 0 Å². The summed E-state index contributed by atoms with van der Waals surface area (Å²) in [6, 6.07) is 13.7. The largest absolute Gasteiger partial charge is 0.357 e. The van der Waals surface area contributed by atoms with Gasteiger partial charge in [-0.25, -0.2) is 0 Å². The number of hydrogen-bond acceptors (Lipinski definition) is 2. The van der Waals surface area contributed by atoms with Gasteiger partial charge in [-0.2, -0.15) is 0 Å². The molecule has 3 nitrogen and oxygen atoms in total. The summed E-state index contributed by atoms with van der Waals surface area (Å²) in [7, 11) is 1.58. The van der Waals surface area contributed by atoms with Crippen molar-refractivity contribution < 1.29 is 9.53 Å². The van der Waals surface area contributed by atoms with Crippen molar-refractivity contribution in [1.82, 2.24) is 5.32 Å². The predicted octanol–water partition coefficient (Wildman–Crippen LogP) is 2.28. The standard InChI is InChI=1S/C16H15NO2/c1-3-11-19-15(16(18)17-2)14-10-6-8-12-7-4-5-9-13(12)14/h1,4-10,15H,11H2,2H3,(H,17,18). The molecule has 0 aliphatic rings. The molecule has 2 rings (SSSR count). The van der Waals surface area contributed by atoms with Gasteiger partial charge in [-0.05, 0) is 16.3 Å². The Morgan fingerprint density at radius 3 is 2.79 bits per heavy atom. The molecule has 0 bridgehead atoms. The van der Waals surface area contributed by atoms with E-state index in [2.05, 4.69) is 11.2 Å². The van der Waals surface area contributed by atoms with Crippen molar-refractivity contribution in [2.45, 2.75) is 6.10 Å². The molecule has 0 saturated carbocycles. The lowest BCUT2D eigenvalue weighted by atomic mass is 10.00. The van der Waals surface area contributed by atoms with Crippen LogP contribution in [-0.4, -0.2) is 19.6 Å². The van der Waals surface area contributed by atoms with Crippen LogP contribution in [0.5, 0.6) is 0 Å². The number of likely N-dealkylation sites (N-methyl/N-ethyl adjacent to an activating group) is 1. The highest BCUT2D eigenvalue weighted by molar-refractivity contribution is 5.92. The van der Waals surface area contributed by atoms with Crippen LogP contribution in [0.1, 0.15) is 11.7 Å². The van der Waals surface area contributed by atoms with Crippen LogP contribution in [0, 0.1) is 12.3 Å². The van der Waals surface area contributed by atoms with E-state index in [1.165, 1.54) is 0 Å². The van der Waals surface area contributed by atoms with Crippen LogP contribution < -0.4 is 5.32 Å². The smallest absolute Gasteiger partial charge is 0.253 e. The second-order valence-electron chi connectivity index (χ2n) is 4.08. The molecule has 0 heterocycles. The van der Waals surface area contributed by atoms with Gasteiger partial charge in [-0.1, -0.05) is 48.4 Å². The molecule has 0 saturated heterocycles. The van der Waals surface area contributed by atoms with E-state index in [0.717, 1.165) is 16.3 Å². The molecule has 19 heavy (non-hydrogen) atoms.